The fraction of sp³-hybridized carbons (Fsp3) is 0. The van der Waals surface area contributed by atoms with Crippen LogP contribution in [0.3, 0.4) is 0 Å². The first-order valence-corrected chi connectivity index (χ1v) is 3.21. The van der Waals surface area contributed by atoms with Gasteiger partial charge in [0.25, 0.3) is 0 Å². The summed E-state index contributed by atoms with van der Waals surface area (Å²) in [4.78, 5) is 3.35. The van der Waals surface area contributed by atoms with Crippen LogP contribution >= 0.6 is 0 Å². The van der Waals surface area contributed by atoms with E-state index < -0.39 is 0 Å². The van der Waals surface area contributed by atoms with Crippen molar-refractivity contribution in [2.75, 3.05) is 0 Å². The van der Waals surface area contributed by atoms with Crippen molar-refractivity contribution in [1.82, 2.24) is 10.2 Å². The maximum atomic E-state index is 6.84. The van der Waals surface area contributed by atoms with Gasteiger partial charge in [-0.3, -0.25) is 5.10 Å². The number of benzene rings is 1. The van der Waals surface area contributed by atoms with E-state index in [0.29, 0.717) is 5.69 Å². The first kappa shape index (κ1) is 5.93. The van der Waals surface area contributed by atoms with E-state index in [1.165, 1.54) is 0 Å². The van der Waals surface area contributed by atoms with Crippen LogP contribution in [0.5, 0.6) is 0 Å². The van der Waals surface area contributed by atoms with Gasteiger partial charge in [-0.15, -0.1) is 0 Å². The Morgan fingerprint density at radius 1 is 1.45 bits per heavy atom. The zero-order chi connectivity index (χ0) is 7.68. The van der Waals surface area contributed by atoms with Crippen molar-refractivity contribution < 1.29 is 0 Å². The van der Waals surface area contributed by atoms with E-state index in [1.54, 1.807) is 12.3 Å². The van der Waals surface area contributed by atoms with E-state index in [-0.39, 0.29) is 0 Å². The van der Waals surface area contributed by atoms with Crippen LogP contribution in [0.4, 0.5) is 5.69 Å². The molecule has 0 unspecified atom stereocenters. The van der Waals surface area contributed by atoms with E-state index in [9.17, 15) is 0 Å². The lowest BCUT2D eigenvalue weighted by molar-refractivity contribution is 1.12. The van der Waals surface area contributed by atoms with Gasteiger partial charge in [0, 0.05) is 5.39 Å². The maximum absolute atomic E-state index is 6.84. The number of aromatic nitrogens is 2. The number of nitrogens with zero attached hydrogens (tertiary/aromatic N) is 2. The zero-order valence-corrected chi connectivity index (χ0v) is 5.70. The Morgan fingerprint density at radius 3 is 3.18 bits per heavy atom. The lowest BCUT2D eigenvalue weighted by Gasteiger charge is -1.88. The Morgan fingerprint density at radius 2 is 2.36 bits per heavy atom. The summed E-state index contributed by atoms with van der Waals surface area (Å²) < 4.78 is 0. The van der Waals surface area contributed by atoms with Gasteiger partial charge in [0.2, 0.25) is 5.69 Å². The van der Waals surface area contributed by atoms with Crippen molar-refractivity contribution in [3.63, 3.8) is 0 Å². The molecule has 0 saturated carbocycles. The standard InChI is InChI=1S/C8H5N3/c1-9-7-4-2-3-6-5-10-11-8(6)7/h2-5H,(H,10,11). The van der Waals surface area contributed by atoms with Gasteiger partial charge in [-0.25, -0.2) is 4.85 Å². The number of hydrogen-bond acceptors (Lipinski definition) is 1. The molecule has 0 radical (unpaired) electrons. The minimum absolute atomic E-state index is 0.625. The molecule has 1 aromatic heterocycles. The highest BCUT2D eigenvalue weighted by atomic mass is 15.1. The molecule has 52 valence electrons. The number of para-hydroxylation sites is 1. The summed E-state index contributed by atoms with van der Waals surface area (Å²) in [5.74, 6) is 0. The molecule has 0 aliphatic carbocycles. The quantitative estimate of drug-likeness (QED) is 0.563. The molecule has 1 N–H and O–H groups in total. The Balaban J connectivity index is 2.92. The smallest absolute Gasteiger partial charge is 0.212 e. The first-order valence-electron chi connectivity index (χ1n) is 3.21. The third-order valence-electron chi connectivity index (χ3n) is 1.58. The number of nitrogens with one attached hydrogen (secondary N) is 1. The van der Waals surface area contributed by atoms with Crippen LogP contribution in [0.25, 0.3) is 15.7 Å². The van der Waals surface area contributed by atoms with Gasteiger partial charge in [-0.05, 0) is 0 Å². The molecule has 1 aromatic carbocycles. The van der Waals surface area contributed by atoms with Crippen molar-refractivity contribution in [2.24, 2.45) is 0 Å². The first-order chi connectivity index (χ1) is 5.42. The van der Waals surface area contributed by atoms with Crippen LogP contribution in [0.15, 0.2) is 24.4 Å². The predicted octanol–water partition coefficient (Wildman–Crippen LogP) is 2.11. The summed E-state index contributed by atoms with van der Waals surface area (Å²) in [6.07, 6.45) is 1.71. The van der Waals surface area contributed by atoms with Crippen LogP contribution in [-0.4, -0.2) is 10.2 Å². The molecule has 0 aliphatic heterocycles. The van der Waals surface area contributed by atoms with Crippen molar-refractivity contribution >= 4 is 16.6 Å². The number of aromatic amines is 1. The highest BCUT2D eigenvalue weighted by molar-refractivity contribution is 5.90. The zero-order valence-electron chi connectivity index (χ0n) is 5.70. The molecule has 0 bridgehead atoms. The molecule has 3 nitrogen and oxygen atoms in total. The number of fused-ring (bicyclic) bond motifs is 1. The molecule has 2 aromatic rings. The van der Waals surface area contributed by atoms with Crippen LogP contribution in [0.2, 0.25) is 0 Å². The predicted molar refractivity (Wildman–Crippen MR) is 42.4 cm³/mol. The van der Waals surface area contributed by atoms with E-state index >= 15 is 0 Å². The van der Waals surface area contributed by atoms with Gasteiger partial charge in [0.1, 0.15) is 0 Å². The Labute approximate surface area is 63.5 Å². The van der Waals surface area contributed by atoms with Gasteiger partial charge >= 0.3 is 0 Å². The van der Waals surface area contributed by atoms with Crippen molar-refractivity contribution in [3.8, 4) is 0 Å². The summed E-state index contributed by atoms with van der Waals surface area (Å²) >= 11 is 0. The molecular formula is C8H5N3. The molecule has 0 spiro atoms. The van der Waals surface area contributed by atoms with E-state index in [2.05, 4.69) is 15.0 Å². The Bertz CT molecular complexity index is 422. The third-order valence-corrected chi connectivity index (χ3v) is 1.58. The molecule has 1 heterocycles. The fourth-order valence-electron chi connectivity index (χ4n) is 1.05. The summed E-state index contributed by atoms with van der Waals surface area (Å²) in [5, 5.41) is 7.60. The Kier molecular flexibility index (Phi) is 1.13. The van der Waals surface area contributed by atoms with Gasteiger partial charge in [-0.1, -0.05) is 18.2 Å². The molecular weight excluding hydrogens is 138 g/mol. The molecule has 0 fully saturated rings. The monoisotopic (exact) mass is 143 g/mol. The molecule has 0 atom stereocenters. The van der Waals surface area contributed by atoms with Gasteiger partial charge < -0.3 is 0 Å². The lowest BCUT2D eigenvalue weighted by Crippen LogP contribution is -1.67. The lowest BCUT2D eigenvalue weighted by atomic mass is 10.2. The molecule has 0 aliphatic rings. The van der Waals surface area contributed by atoms with Gasteiger partial charge in [-0.2, -0.15) is 5.10 Å². The highest BCUT2D eigenvalue weighted by Crippen LogP contribution is 2.22. The maximum Gasteiger partial charge on any atom is 0.212 e. The topological polar surface area (TPSA) is 33.0 Å². The SMILES string of the molecule is [C-]#[N+]c1cccc2cn[nH]c12. The van der Waals surface area contributed by atoms with Crippen molar-refractivity contribution in [2.45, 2.75) is 0 Å². The van der Waals surface area contributed by atoms with Gasteiger partial charge in [0.15, 0.2) is 0 Å². The summed E-state index contributed by atoms with van der Waals surface area (Å²) in [5.41, 5.74) is 1.45. The number of H-pyrrole nitrogens is 1. The number of hydrogen-bond donors (Lipinski definition) is 1. The summed E-state index contributed by atoms with van der Waals surface area (Å²) in [6.45, 7) is 6.84. The van der Waals surface area contributed by atoms with E-state index in [1.807, 2.05) is 12.1 Å². The molecule has 0 amide bonds. The summed E-state index contributed by atoms with van der Waals surface area (Å²) in [7, 11) is 0. The van der Waals surface area contributed by atoms with E-state index in [4.69, 9.17) is 6.57 Å². The van der Waals surface area contributed by atoms with Crippen LogP contribution in [0, 0.1) is 6.57 Å². The second-order valence-corrected chi connectivity index (χ2v) is 2.22. The summed E-state index contributed by atoms with van der Waals surface area (Å²) in [6, 6.07) is 5.55. The van der Waals surface area contributed by atoms with Crippen LogP contribution in [-0.2, 0) is 0 Å². The second kappa shape index (κ2) is 2.10. The second-order valence-electron chi connectivity index (χ2n) is 2.22. The fourth-order valence-corrected chi connectivity index (χ4v) is 1.05. The van der Waals surface area contributed by atoms with Crippen molar-refractivity contribution in [3.05, 3.63) is 35.8 Å². The van der Waals surface area contributed by atoms with Gasteiger partial charge in [0.05, 0.1) is 18.3 Å². The Hall–Kier alpha value is -1.82. The van der Waals surface area contributed by atoms with E-state index in [0.717, 1.165) is 10.9 Å². The molecule has 3 heteroatoms. The third kappa shape index (κ3) is 0.767. The van der Waals surface area contributed by atoms with Crippen molar-refractivity contribution in [1.29, 1.82) is 0 Å². The molecule has 0 saturated heterocycles. The highest BCUT2D eigenvalue weighted by Gasteiger charge is 1.99. The minimum Gasteiger partial charge on any atom is -0.288 e. The largest absolute Gasteiger partial charge is 0.288 e. The average molecular weight is 143 g/mol. The average Bonchev–Trinajstić information content (AvgIpc) is 2.50. The molecule has 2 rings (SSSR count). The molecule has 11 heavy (non-hydrogen) atoms. The van der Waals surface area contributed by atoms with Crippen LogP contribution < -0.4 is 0 Å². The minimum atomic E-state index is 0.625. The number of rotatable bonds is 0. The van der Waals surface area contributed by atoms with Crippen LogP contribution in [0.1, 0.15) is 0 Å². The normalized spacial score (nSPS) is 9.73.